The molecule has 0 saturated heterocycles. The Labute approximate surface area is 104 Å². The Balaban J connectivity index is 2.12. The summed E-state index contributed by atoms with van der Waals surface area (Å²) in [6, 6.07) is 2.94. The summed E-state index contributed by atoms with van der Waals surface area (Å²) < 4.78 is 19.4. The van der Waals surface area contributed by atoms with E-state index in [2.05, 4.69) is 9.97 Å². The third-order valence-electron chi connectivity index (χ3n) is 3.00. The maximum absolute atomic E-state index is 13.6. The van der Waals surface area contributed by atoms with Crippen LogP contribution in [0.3, 0.4) is 0 Å². The van der Waals surface area contributed by atoms with Crippen molar-refractivity contribution in [3.8, 4) is 16.9 Å². The molecule has 2 aromatic rings. The Morgan fingerprint density at radius 3 is 2.83 bits per heavy atom. The van der Waals surface area contributed by atoms with Crippen LogP contribution in [-0.4, -0.2) is 22.6 Å². The van der Waals surface area contributed by atoms with Crippen LogP contribution in [0.2, 0.25) is 0 Å². The van der Waals surface area contributed by atoms with E-state index < -0.39 is 0 Å². The Morgan fingerprint density at radius 2 is 2.11 bits per heavy atom. The first-order chi connectivity index (χ1) is 8.78. The zero-order valence-corrected chi connectivity index (χ0v) is 9.64. The molecule has 1 aromatic heterocycles. The van der Waals surface area contributed by atoms with Crippen molar-refractivity contribution >= 4 is 0 Å². The van der Waals surface area contributed by atoms with Gasteiger partial charge in [-0.1, -0.05) is 0 Å². The summed E-state index contributed by atoms with van der Waals surface area (Å²) in [5, 5.41) is 0. The van der Waals surface area contributed by atoms with Crippen molar-refractivity contribution in [3.63, 3.8) is 0 Å². The van der Waals surface area contributed by atoms with Crippen molar-refractivity contribution in [1.82, 2.24) is 9.97 Å². The molecule has 1 atom stereocenters. The fourth-order valence-corrected chi connectivity index (χ4v) is 2.18. The normalized spacial score (nSPS) is 17.3. The van der Waals surface area contributed by atoms with Crippen LogP contribution in [0.15, 0.2) is 30.9 Å². The van der Waals surface area contributed by atoms with E-state index in [1.54, 1.807) is 12.4 Å². The molecule has 2 heterocycles. The van der Waals surface area contributed by atoms with E-state index in [4.69, 9.17) is 10.5 Å². The number of hydrogen-bond acceptors (Lipinski definition) is 4. The summed E-state index contributed by atoms with van der Waals surface area (Å²) in [4.78, 5) is 7.88. The van der Waals surface area contributed by atoms with Crippen molar-refractivity contribution < 1.29 is 9.13 Å². The Kier molecular flexibility index (Phi) is 2.68. The van der Waals surface area contributed by atoms with Crippen LogP contribution in [0.4, 0.5) is 4.39 Å². The lowest BCUT2D eigenvalue weighted by Crippen LogP contribution is -2.24. The Hall–Kier alpha value is -2.01. The number of benzene rings is 1. The van der Waals surface area contributed by atoms with Gasteiger partial charge in [-0.15, -0.1) is 0 Å². The third-order valence-corrected chi connectivity index (χ3v) is 3.00. The maximum atomic E-state index is 13.6. The minimum atomic E-state index is -0.283. The number of hydrogen-bond donors (Lipinski definition) is 1. The van der Waals surface area contributed by atoms with Gasteiger partial charge >= 0.3 is 0 Å². The average molecular weight is 245 g/mol. The van der Waals surface area contributed by atoms with E-state index in [9.17, 15) is 4.39 Å². The first-order valence-corrected chi connectivity index (χ1v) is 5.72. The molecule has 0 radical (unpaired) electrons. The highest BCUT2D eigenvalue weighted by Gasteiger charge is 2.26. The SMILES string of the molecule is NC[C@@H]1Cc2cc(F)cc(-c3cncnc3)c2O1. The molecule has 0 spiro atoms. The summed E-state index contributed by atoms with van der Waals surface area (Å²) in [7, 11) is 0. The minimum Gasteiger partial charge on any atom is -0.488 e. The Bertz CT molecular complexity index is 574. The first-order valence-electron chi connectivity index (χ1n) is 5.72. The number of halogens is 1. The fourth-order valence-electron chi connectivity index (χ4n) is 2.18. The fraction of sp³-hybridized carbons (Fsp3) is 0.231. The van der Waals surface area contributed by atoms with Crippen LogP contribution < -0.4 is 10.5 Å². The van der Waals surface area contributed by atoms with Crippen LogP contribution in [0.5, 0.6) is 5.75 Å². The summed E-state index contributed by atoms with van der Waals surface area (Å²) in [5.41, 5.74) is 7.87. The van der Waals surface area contributed by atoms with Gasteiger partial charge in [-0.25, -0.2) is 14.4 Å². The second kappa shape index (κ2) is 4.34. The molecule has 18 heavy (non-hydrogen) atoms. The highest BCUT2D eigenvalue weighted by atomic mass is 19.1. The molecule has 5 heteroatoms. The second-order valence-corrected chi connectivity index (χ2v) is 4.25. The molecular formula is C13H12FN3O. The highest BCUT2D eigenvalue weighted by Crippen LogP contribution is 2.38. The first kappa shape index (κ1) is 11.1. The summed E-state index contributed by atoms with van der Waals surface area (Å²) in [6.07, 6.45) is 5.28. The lowest BCUT2D eigenvalue weighted by Gasteiger charge is -2.10. The predicted molar refractivity (Wildman–Crippen MR) is 64.6 cm³/mol. The van der Waals surface area contributed by atoms with E-state index in [1.807, 2.05) is 0 Å². The van der Waals surface area contributed by atoms with Gasteiger partial charge in [0, 0.05) is 42.0 Å². The van der Waals surface area contributed by atoms with Gasteiger partial charge in [-0.3, -0.25) is 0 Å². The van der Waals surface area contributed by atoms with Crippen LogP contribution >= 0.6 is 0 Å². The van der Waals surface area contributed by atoms with Crippen molar-refractivity contribution in [2.75, 3.05) is 6.54 Å². The number of nitrogens with two attached hydrogens (primary N) is 1. The molecule has 0 bridgehead atoms. The van der Waals surface area contributed by atoms with Gasteiger partial charge in [-0.2, -0.15) is 0 Å². The largest absolute Gasteiger partial charge is 0.488 e. The molecule has 0 aliphatic carbocycles. The molecule has 3 rings (SSSR count). The lowest BCUT2D eigenvalue weighted by atomic mass is 10.0. The summed E-state index contributed by atoms with van der Waals surface area (Å²) in [6.45, 7) is 0.418. The number of aromatic nitrogens is 2. The van der Waals surface area contributed by atoms with Gasteiger partial charge in [0.2, 0.25) is 0 Å². The van der Waals surface area contributed by atoms with Gasteiger partial charge in [0.05, 0.1) is 0 Å². The van der Waals surface area contributed by atoms with Crippen molar-refractivity contribution in [2.45, 2.75) is 12.5 Å². The average Bonchev–Trinajstić information content (AvgIpc) is 2.81. The van der Waals surface area contributed by atoms with Gasteiger partial charge in [0.15, 0.2) is 0 Å². The Morgan fingerprint density at radius 1 is 1.33 bits per heavy atom. The van der Waals surface area contributed by atoms with E-state index in [1.165, 1.54) is 18.5 Å². The van der Waals surface area contributed by atoms with Gasteiger partial charge in [0.25, 0.3) is 0 Å². The van der Waals surface area contributed by atoms with Crippen LogP contribution in [0.25, 0.3) is 11.1 Å². The molecule has 2 N–H and O–H groups in total. The molecule has 92 valence electrons. The van der Waals surface area contributed by atoms with E-state index in [0.29, 0.717) is 24.3 Å². The smallest absolute Gasteiger partial charge is 0.131 e. The monoisotopic (exact) mass is 245 g/mol. The quantitative estimate of drug-likeness (QED) is 0.872. The third kappa shape index (κ3) is 1.82. The number of rotatable bonds is 2. The number of fused-ring (bicyclic) bond motifs is 1. The predicted octanol–water partition coefficient (Wildman–Crippen LogP) is 1.54. The summed E-state index contributed by atoms with van der Waals surface area (Å²) >= 11 is 0. The molecule has 0 fully saturated rings. The standard InChI is InChI=1S/C13H12FN3O/c14-10-1-8-2-11(4-15)18-13(8)12(3-10)9-5-16-7-17-6-9/h1,3,5-7,11H,2,4,15H2/t11-/m0/s1. The van der Waals surface area contributed by atoms with Crippen molar-refractivity contribution in [1.29, 1.82) is 0 Å². The van der Waals surface area contributed by atoms with Gasteiger partial charge in [0.1, 0.15) is 24.0 Å². The molecule has 0 unspecified atom stereocenters. The number of ether oxygens (including phenoxy) is 1. The van der Waals surface area contributed by atoms with E-state index in [-0.39, 0.29) is 11.9 Å². The molecule has 0 amide bonds. The van der Waals surface area contributed by atoms with Gasteiger partial charge in [-0.05, 0) is 12.1 Å². The maximum Gasteiger partial charge on any atom is 0.131 e. The minimum absolute atomic E-state index is 0.0785. The molecule has 1 aliphatic heterocycles. The van der Waals surface area contributed by atoms with Crippen LogP contribution in [-0.2, 0) is 6.42 Å². The van der Waals surface area contributed by atoms with Gasteiger partial charge < -0.3 is 10.5 Å². The topological polar surface area (TPSA) is 61.0 Å². The number of nitrogens with zero attached hydrogens (tertiary/aromatic N) is 2. The zero-order chi connectivity index (χ0) is 12.5. The summed E-state index contributed by atoms with van der Waals surface area (Å²) in [5.74, 6) is 0.413. The lowest BCUT2D eigenvalue weighted by molar-refractivity contribution is 0.242. The second-order valence-electron chi connectivity index (χ2n) is 4.25. The van der Waals surface area contributed by atoms with Crippen LogP contribution in [0, 0.1) is 5.82 Å². The highest BCUT2D eigenvalue weighted by molar-refractivity contribution is 5.72. The molecule has 1 aromatic carbocycles. The molecule has 1 aliphatic rings. The van der Waals surface area contributed by atoms with Crippen LogP contribution in [0.1, 0.15) is 5.56 Å². The van der Waals surface area contributed by atoms with E-state index in [0.717, 1.165) is 11.1 Å². The molecule has 4 nitrogen and oxygen atoms in total. The van der Waals surface area contributed by atoms with E-state index >= 15 is 0 Å². The molecule has 0 saturated carbocycles. The molecular weight excluding hydrogens is 233 g/mol. The zero-order valence-electron chi connectivity index (χ0n) is 9.64. The van der Waals surface area contributed by atoms with Crippen molar-refractivity contribution in [3.05, 3.63) is 42.2 Å². The van der Waals surface area contributed by atoms with Crippen molar-refractivity contribution in [2.24, 2.45) is 5.73 Å².